The van der Waals surface area contributed by atoms with Gasteiger partial charge in [-0.15, -0.1) is 11.3 Å². The van der Waals surface area contributed by atoms with E-state index in [4.69, 9.17) is 0 Å². The monoisotopic (exact) mass is 374 g/mol. The van der Waals surface area contributed by atoms with Gasteiger partial charge in [-0.2, -0.15) is 0 Å². The van der Waals surface area contributed by atoms with Crippen LogP contribution in [-0.4, -0.2) is 15.5 Å². The van der Waals surface area contributed by atoms with Gasteiger partial charge in [-0.25, -0.2) is 8.42 Å². The van der Waals surface area contributed by atoms with E-state index in [-0.39, 0.29) is 0 Å². The van der Waals surface area contributed by atoms with E-state index in [1.165, 1.54) is 11.3 Å². The first kappa shape index (κ1) is 15.5. The highest BCUT2D eigenvalue weighted by atomic mass is 79.9. The van der Waals surface area contributed by atoms with Crippen LogP contribution in [0.2, 0.25) is 0 Å². The molecule has 20 heavy (non-hydrogen) atoms. The molecule has 2 N–H and O–H groups in total. The lowest BCUT2D eigenvalue weighted by Crippen LogP contribution is -2.13. The number of sulfonamides is 1. The second-order valence-electron chi connectivity index (χ2n) is 4.31. The molecule has 2 rings (SSSR count). The van der Waals surface area contributed by atoms with Crippen LogP contribution >= 0.6 is 27.3 Å². The predicted octanol–water partition coefficient (Wildman–Crippen LogP) is 3.34. The first-order chi connectivity index (χ1) is 9.42. The molecule has 0 aliphatic rings. The highest BCUT2D eigenvalue weighted by Crippen LogP contribution is 2.30. The average molecular weight is 375 g/mol. The summed E-state index contributed by atoms with van der Waals surface area (Å²) in [7, 11) is -1.69. The number of aryl methyl sites for hydroxylation is 1. The van der Waals surface area contributed by atoms with Gasteiger partial charge in [0, 0.05) is 17.1 Å². The van der Waals surface area contributed by atoms with Gasteiger partial charge in [0.05, 0.1) is 3.79 Å². The highest BCUT2D eigenvalue weighted by molar-refractivity contribution is 9.11. The van der Waals surface area contributed by atoms with Crippen LogP contribution in [0.15, 0.2) is 39.0 Å². The van der Waals surface area contributed by atoms with Gasteiger partial charge in [-0.3, -0.25) is 4.72 Å². The number of halogens is 1. The minimum Gasteiger partial charge on any atom is -0.316 e. The van der Waals surface area contributed by atoms with Crippen LogP contribution < -0.4 is 10.0 Å². The van der Waals surface area contributed by atoms with E-state index < -0.39 is 10.0 Å². The molecule has 0 unspecified atom stereocenters. The van der Waals surface area contributed by atoms with Crippen molar-refractivity contribution in [1.82, 2.24) is 5.32 Å². The lowest BCUT2D eigenvalue weighted by molar-refractivity contribution is 0.601. The van der Waals surface area contributed by atoms with Gasteiger partial charge < -0.3 is 5.32 Å². The third kappa shape index (κ3) is 3.60. The maximum atomic E-state index is 12.4. The average Bonchev–Trinajstić information content (AvgIpc) is 2.69. The Kier molecular flexibility index (Phi) is 4.85. The molecule has 1 aromatic carbocycles. The second kappa shape index (κ2) is 6.26. The van der Waals surface area contributed by atoms with Gasteiger partial charge in [0.1, 0.15) is 4.90 Å². The molecule has 4 nitrogen and oxygen atoms in total. The minimum atomic E-state index is -3.54. The van der Waals surface area contributed by atoms with Crippen molar-refractivity contribution in [2.75, 3.05) is 11.8 Å². The predicted molar refractivity (Wildman–Crippen MR) is 86.8 cm³/mol. The summed E-state index contributed by atoms with van der Waals surface area (Å²) in [5, 5.41) is 3.04. The molecule has 0 aliphatic heterocycles. The van der Waals surface area contributed by atoms with Crippen molar-refractivity contribution in [3.8, 4) is 0 Å². The Morgan fingerprint density at radius 3 is 2.65 bits per heavy atom. The van der Waals surface area contributed by atoms with E-state index >= 15 is 0 Å². The number of rotatable bonds is 5. The van der Waals surface area contributed by atoms with Gasteiger partial charge >= 0.3 is 0 Å². The molecule has 0 aliphatic carbocycles. The largest absolute Gasteiger partial charge is 0.316 e. The van der Waals surface area contributed by atoms with Crippen molar-refractivity contribution in [2.45, 2.75) is 18.4 Å². The summed E-state index contributed by atoms with van der Waals surface area (Å²) < 4.78 is 28.2. The molecule has 1 heterocycles. The molecule has 0 fully saturated rings. The minimum absolute atomic E-state index is 0.313. The van der Waals surface area contributed by atoms with Gasteiger partial charge in [0.25, 0.3) is 10.0 Å². The second-order valence-corrected chi connectivity index (χ2v) is 8.59. The van der Waals surface area contributed by atoms with E-state index in [1.807, 2.05) is 25.2 Å². The molecular formula is C13H15BrN2O2S2. The SMILES string of the molecule is CNCc1cccc(NS(=O)(=O)c2cc(Br)sc2C)c1. The molecule has 1 aromatic heterocycles. The zero-order valence-electron chi connectivity index (χ0n) is 11.1. The molecule has 2 aromatic rings. The number of anilines is 1. The molecule has 0 amide bonds. The summed E-state index contributed by atoms with van der Waals surface area (Å²) in [5.74, 6) is 0. The molecule has 0 atom stereocenters. The van der Waals surface area contributed by atoms with Crippen LogP contribution in [0.5, 0.6) is 0 Å². The number of benzene rings is 1. The van der Waals surface area contributed by atoms with Crippen LogP contribution in [-0.2, 0) is 16.6 Å². The number of hydrogen-bond acceptors (Lipinski definition) is 4. The van der Waals surface area contributed by atoms with Crippen molar-refractivity contribution in [2.24, 2.45) is 0 Å². The number of thiophene rings is 1. The summed E-state index contributed by atoms with van der Waals surface area (Å²) in [6.07, 6.45) is 0. The smallest absolute Gasteiger partial charge is 0.263 e. The van der Waals surface area contributed by atoms with Gasteiger partial charge in [-0.1, -0.05) is 12.1 Å². The van der Waals surface area contributed by atoms with Crippen molar-refractivity contribution in [1.29, 1.82) is 0 Å². The molecule has 0 saturated heterocycles. The standard InChI is InChI=1S/C13H15BrN2O2S2/c1-9-12(7-13(14)19-9)20(17,18)16-11-5-3-4-10(6-11)8-15-2/h3-7,15-16H,8H2,1-2H3. The first-order valence-corrected chi connectivity index (χ1v) is 9.04. The number of nitrogens with one attached hydrogen (secondary N) is 2. The normalized spacial score (nSPS) is 11.6. The topological polar surface area (TPSA) is 58.2 Å². The van der Waals surface area contributed by atoms with E-state index in [0.717, 1.165) is 14.2 Å². The lowest BCUT2D eigenvalue weighted by Gasteiger charge is -2.09. The maximum Gasteiger partial charge on any atom is 0.263 e. The Balaban J connectivity index is 2.28. The maximum absolute atomic E-state index is 12.4. The molecule has 7 heteroatoms. The quantitative estimate of drug-likeness (QED) is 0.843. The molecule has 0 spiro atoms. The van der Waals surface area contributed by atoms with Crippen molar-refractivity contribution < 1.29 is 8.42 Å². The third-order valence-electron chi connectivity index (χ3n) is 2.69. The lowest BCUT2D eigenvalue weighted by atomic mass is 10.2. The van der Waals surface area contributed by atoms with Crippen LogP contribution in [0.4, 0.5) is 5.69 Å². The van der Waals surface area contributed by atoms with E-state index in [1.54, 1.807) is 19.1 Å². The fourth-order valence-electron chi connectivity index (χ4n) is 1.86. The molecular weight excluding hydrogens is 360 g/mol. The molecule has 0 bridgehead atoms. The van der Waals surface area contributed by atoms with Crippen LogP contribution in [0.25, 0.3) is 0 Å². The summed E-state index contributed by atoms with van der Waals surface area (Å²) in [6, 6.07) is 8.97. The summed E-state index contributed by atoms with van der Waals surface area (Å²) in [6.45, 7) is 2.49. The zero-order chi connectivity index (χ0) is 14.8. The van der Waals surface area contributed by atoms with Crippen molar-refractivity contribution >= 4 is 43.0 Å². The van der Waals surface area contributed by atoms with E-state index in [0.29, 0.717) is 17.1 Å². The highest BCUT2D eigenvalue weighted by Gasteiger charge is 2.19. The summed E-state index contributed by atoms with van der Waals surface area (Å²) >= 11 is 4.72. The van der Waals surface area contributed by atoms with E-state index in [9.17, 15) is 8.42 Å². The Bertz CT molecular complexity index is 711. The van der Waals surface area contributed by atoms with Crippen LogP contribution in [0.1, 0.15) is 10.4 Å². The van der Waals surface area contributed by atoms with Crippen molar-refractivity contribution in [3.05, 3.63) is 44.6 Å². The summed E-state index contributed by atoms with van der Waals surface area (Å²) in [5.41, 5.74) is 1.59. The Hall–Kier alpha value is -0.890. The first-order valence-electron chi connectivity index (χ1n) is 5.94. The molecule has 108 valence electrons. The Labute approximate surface area is 131 Å². The van der Waals surface area contributed by atoms with Gasteiger partial charge in [0.15, 0.2) is 0 Å². The molecule has 0 radical (unpaired) electrons. The fraction of sp³-hybridized carbons (Fsp3) is 0.231. The van der Waals surface area contributed by atoms with Gasteiger partial charge in [-0.05, 0) is 53.7 Å². The molecule has 0 saturated carbocycles. The number of hydrogen-bond donors (Lipinski definition) is 2. The van der Waals surface area contributed by atoms with Crippen molar-refractivity contribution in [3.63, 3.8) is 0 Å². The van der Waals surface area contributed by atoms with Crippen LogP contribution in [0, 0.1) is 6.92 Å². The summed E-state index contributed by atoms with van der Waals surface area (Å²) in [4.78, 5) is 1.07. The Morgan fingerprint density at radius 1 is 1.30 bits per heavy atom. The van der Waals surface area contributed by atoms with Gasteiger partial charge in [0.2, 0.25) is 0 Å². The third-order valence-corrected chi connectivity index (χ3v) is 5.88. The van der Waals surface area contributed by atoms with Crippen LogP contribution in [0.3, 0.4) is 0 Å². The zero-order valence-corrected chi connectivity index (χ0v) is 14.3. The van der Waals surface area contributed by atoms with E-state index in [2.05, 4.69) is 26.0 Å². The fourth-order valence-corrected chi connectivity index (χ4v) is 5.32. The Morgan fingerprint density at radius 2 is 2.05 bits per heavy atom.